The smallest absolute Gasteiger partial charge is 0.240 e. The second-order valence-electron chi connectivity index (χ2n) is 2.90. The molecule has 8 nitrogen and oxygen atoms in total. The molecule has 4 N–H and O–H groups in total. The number of sulfone groups is 1. The summed E-state index contributed by atoms with van der Waals surface area (Å²) in [6, 6.07) is 1.30. The molecule has 0 spiro atoms. The van der Waals surface area contributed by atoms with Gasteiger partial charge in [-0.25, -0.2) is 14.3 Å². The van der Waals surface area contributed by atoms with Crippen LogP contribution in [0.2, 0.25) is 0 Å². The van der Waals surface area contributed by atoms with E-state index in [1.54, 1.807) is 0 Å². The number of carbonyl (C=O) groups excluding carboxylic acids is 1. The number of hydrogen-bond acceptors (Lipinski definition) is 7. The van der Waals surface area contributed by atoms with Gasteiger partial charge in [-0.05, 0) is 0 Å². The summed E-state index contributed by atoms with van der Waals surface area (Å²) in [7, 11) is -3.67. The summed E-state index contributed by atoms with van der Waals surface area (Å²) >= 11 is 0. The van der Waals surface area contributed by atoms with E-state index in [9.17, 15) is 13.2 Å². The highest BCUT2D eigenvalue weighted by Crippen LogP contribution is 2.25. The molecular formula is C6H7N5O3S. The summed E-state index contributed by atoms with van der Waals surface area (Å²) in [4.78, 5) is 11.1. The summed E-state index contributed by atoms with van der Waals surface area (Å²) in [6.45, 7) is 0. The lowest BCUT2D eigenvalue weighted by Crippen LogP contribution is -2.30. The third-order valence-corrected chi connectivity index (χ3v) is 3.33. The van der Waals surface area contributed by atoms with E-state index in [1.165, 1.54) is 6.07 Å². The van der Waals surface area contributed by atoms with Crippen molar-refractivity contribution in [2.45, 2.75) is 5.03 Å². The largest absolute Gasteiger partial charge is 0.323 e. The monoisotopic (exact) mass is 229 g/mol. The topological polar surface area (TPSA) is 127 Å². The molecule has 0 aliphatic carbocycles. The highest BCUT2D eigenvalue weighted by molar-refractivity contribution is 7.92. The number of amides is 1. The van der Waals surface area contributed by atoms with Gasteiger partial charge in [-0.3, -0.25) is 4.79 Å². The van der Waals surface area contributed by atoms with E-state index in [0.717, 1.165) is 0 Å². The molecule has 1 amide bonds. The first kappa shape index (κ1) is 9.80. The molecule has 1 aliphatic heterocycles. The first-order valence-corrected chi connectivity index (χ1v) is 5.55. The van der Waals surface area contributed by atoms with Crippen LogP contribution in [-0.4, -0.2) is 30.3 Å². The first-order valence-electron chi connectivity index (χ1n) is 3.90. The fourth-order valence-electron chi connectivity index (χ4n) is 1.20. The van der Waals surface area contributed by atoms with Gasteiger partial charge in [0.2, 0.25) is 20.8 Å². The van der Waals surface area contributed by atoms with Gasteiger partial charge in [0, 0.05) is 6.07 Å². The average molecular weight is 229 g/mol. The minimum Gasteiger partial charge on any atom is -0.323 e. The Kier molecular flexibility index (Phi) is 2.05. The summed E-state index contributed by atoms with van der Waals surface area (Å²) < 4.78 is 22.9. The normalized spacial score (nSPS) is 17.8. The van der Waals surface area contributed by atoms with Crippen LogP contribution in [-0.2, 0) is 14.6 Å². The van der Waals surface area contributed by atoms with Gasteiger partial charge in [-0.2, -0.15) is 0 Å². The van der Waals surface area contributed by atoms with Gasteiger partial charge in [0.15, 0.2) is 5.82 Å². The summed E-state index contributed by atoms with van der Waals surface area (Å²) in [5, 5.41) is 9.14. The van der Waals surface area contributed by atoms with Crippen LogP contribution in [0.4, 0.5) is 11.5 Å². The maximum Gasteiger partial charge on any atom is 0.240 e. The van der Waals surface area contributed by atoms with Crippen LogP contribution in [0.25, 0.3) is 0 Å². The van der Waals surface area contributed by atoms with Crippen LogP contribution in [0, 0.1) is 0 Å². The van der Waals surface area contributed by atoms with E-state index in [4.69, 9.17) is 5.84 Å². The Labute approximate surface area is 84.8 Å². The molecule has 0 saturated carbocycles. The fourth-order valence-corrected chi connectivity index (χ4v) is 2.36. The molecule has 0 atom stereocenters. The van der Waals surface area contributed by atoms with E-state index in [1.807, 2.05) is 0 Å². The molecular weight excluding hydrogens is 222 g/mol. The van der Waals surface area contributed by atoms with Crippen molar-refractivity contribution in [3.8, 4) is 0 Å². The van der Waals surface area contributed by atoms with Crippen LogP contribution in [0.1, 0.15) is 0 Å². The van der Waals surface area contributed by atoms with Gasteiger partial charge in [0.1, 0.15) is 5.75 Å². The standard InChI is InChI=1S/C6H7N5O3S/c7-9-4-1-3-6(11-10-4)15(13,14)2-5(12)8-3/h1H,2,7H2,(H,8,12)(H,9,10). The number of nitrogens with one attached hydrogen (secondary N) is 2. The lowest BCUT2D eigenvalue weighted by molar-refractivity contribution is -0.114. The van der Waals surface area contributed by atoms with Crippen molar-refractivity contribution in [2.24, 2.45) is 5.84 Å². The number of nitrogen functional groups attached to an aromatic ring is 1. The number of rotatable bonds is 1. The van der Waals surface area contributed by atoms with Crippen molar-refractivity contribution in [2.75, 3.05) is 16.5 Å². The Morgan fingerprint density at radius 3 is 2.87 bits per heavy atom. The molecule has 0 bridgehead atoms. The second kappa shape index (κ2) is 3.14. The summed E-state index contributed by atoms with van der Waals surface area (Å²) in [5.74, 6) is 4.04. The molecule has 1 aromatic heterocycles. The molecule has 0 fully saturated rings. The van der Waals surface area contributed by atoms with Gasteiger partial charge < -0.3 is 10.7 Å². The fraction of sp³-hybridized carbons (Fsp3) is 0.167. The van der Waals surface area contributed by atoms with Crippen molar-refractivity contribution < 1.29 is 13.2 Å². The quantitative estimate of drug-likeness (QED) is 0.394. The van der Waals surface area contributed by atoms with E-state index in [2.05, 4.69) is 20.9 Å². The van der Waals surface area contributed by atoms with E-state index in [-0.39, 0.29) is 16.5 Å². The van der Waals surface area contributed by atoms with Gasteiger partial charge in [0.05, 0.1) is 5.69 Å². The van der Waals surface area contributed by atoms with Crippen molar-refractivity contribution in [1.29, 1.82) is 0 Å². The second-order valence-corrected chi connectivity index (χ2v) is 4.80. The molecule has 0 unspecified atom stereocenters. The molecule has 2 heterocycles. The van der Waals surface area contributed by atoms with Crippen LogP contribution >= 0.6 is 0 Å². The number of hydrogen-bond donors (Lipinski definition) is 3. The van der Waals surface area contributed by atoms with Crippen LogP contribution in [0.5, 0.6) is 0 Å². The number of nitrogens with zero attached hydrogens (tertiary/aromatic N) is 2. The molecule has 0 saturated heterocycles. The number of hydrazine groups is 1. The summed E-state index contributed by atoms with van der Waals surface area (Å²) in [5.41, 5.74) is 2.29. The lowest BCUT2D eigenvalue weighted by Gasteiger charge is -2.15. The number of carbonyl (C=O) groups is 1. The Morgan fingerprint density at radius 1 is 1.47 bits per heavy atom. The lowest BCUT2D eigenvalue weighted by atomic mass is 10.4. The van der Waals surface area contributed by atoms with Gasteiger partial charge in [0.25, 0.3) is 0 Å². The van der Waals surface area contributed by atoms with Crippen LogP contribution in [0.15, 0.2) is 11.1 Å². The molecule has 80 valence electrons. The Bertz CT molecular complexity index is 526. The molecule has 1 aromatic rings. The van der Waals surface area contributed by atoms with Crippen molar-refractivity contribution in [1.82, 2.24) is 10.2 Å². The van der Waals surface area contributed by atoms with E-state index < -0.39 is 21.5 Å². The Morgan fingerprint density at radius 2 is 2.20 bits per heavy atom. The van der Waals surface area contributed by atoms with Crippen molar-refractivity contribution >= 4 is 27.2 Å². The van der Waals surface area contributed by atoms with Crippen molar-refractivity contribution in [3.05, 3.63) is 6.07 Å². The van der Waals surface area contributed by atoms with E-state index in [0.29, 0.717) is 0 Å². The number of fused-ring (bicyclic) bond motifs is 1. The van der Waals surface area contributed by atoms with Gasteiger partial charge >= 0.3 is 0 Å². The average Bonchev–Trinajstić information content (AvgIpc) is 2.15. The van der Waals surface area contributed by atoms with E-state index >= 15 is 0 Å². The maximum absolute atomic E-state index is 11.5. The highest BCUT2D eigenvalue weighted by Gasteiger charge is 2.31. The third-order valence-electron chi connectivity index (χ3n) is 1.80. The maximum atomic E-state index is 11.5. The predicted molar refractivity (Wildman–Crippen MR) is 50.5 cm³/mol. The third kappa shape index (κ3) is 1.62. The zero-order chi connectivity index (χ0) is 11.1. The van der Waals surface area contributed by atoms with Crippen LogP contribution in [0.3, 0.4) is 0 Å². The zero-order valence-corrected chi connectivity index (χ0v) is 8.21. The van der Waals surface area contributed by atoms with Crippen LogP contribution < -0.4 is 16.6 Å². The number of anilines is 2. The van der Waals surface area contributed by atoms with Gasteiger partial charge in [-0.1, -0.05) is 0 Å². The number of aromatic nitrogens is 2. The van der Waals surface area contributed by atoms with Crippen molar-refractivity contribution in [3.63, 3.8) is 0 Å². The molecule has 2 rings (SSSR count). The zero-order valence-electron chi connectivity index (χ0n) is 7.39. The Hall–Kier alpha value is -1.74. The predicted octanol–water partition coefficient (Wildman–Crippen LogP) is -1.51. The van der Waals surface area contributed by atoms with Gasteiger partial charge in [-0.15, -0.1) is 10.2 Å². The molecule has 0 radical (unpaired) electrons. The minimum absolute atomic E-state index is 0.0919. The molecule has 9 heteroatoms. The summed E-state index contributed by atoms with van der Waals surface area (Å²) in [6.07, 6.45) is 0. The SMILES string of the molecule is NNc1cc2c(nn1)S(=O)(=O)CC(=O)N2. The Balaban J connectivity index is 2.62. The highest BCUT2D eigenvalue weighted by atomic mass is 32.2. The molecule has 0 aromatic carbocycles. The minimum atomic E-state index is -3.67. The molecule has 1 aliphatic rings. The number of nitrogens with two attached hydrogens (primary N) is 1. The molecule has 15 heavy (non-hydrogen) atoms. The first-order chi connectivity index (χ1) is 7.03.